The van der Waals surface area contributed by atoms with Crippen molar-refractivity contribution in [3.63, 3.8) is 0 Å². The van der Waals surface area contributed by atoms with Crippen molar-refractivity contribution in [2.45, 2.75) is 37.8 Å². The Kier molecular flexibility index (Phi) is 2.79. The molecular formula is C13H19N3. The Labute approximate surface area is 96.9 Å². The highest BCUT2D eigenvalue weighted by molar-refractivity contribution is 5.46. The van der Waals surface area contributed by atoms with Gasteiger partial charge in [-0.3, -0.25) is 4.98 Å². The minimum atomic E-state index is 0.683. The number of nitrogens with zero attached hydrogens (tertiary/aromatic N) is 2. The molecular weight excluding hydrogens is 198 g/mol. The molecule has 16 heavy (non-hydrogen) atoms. The van der Waals surface area contributed by atoms with Crippen molar-refractivity contribution in [2.75, 3.05) is 18.0 Å². The number of rotatable bonds is 4. The summed E-state index contributed by atoms with van der Waals surface area (Å²) in [6.45, 7) is 2.34. The van der Waals surface area contributed by atoms with Crippen molar-refractivity contribution in [1.82, 2.24) is 10.3 Å². The highest BCUT2D eigenvalue weighted by Gasteiger charge is 2.27. The first-order valence-corrected chi connectivity index (χ1v) is 6.33. The van der Waals surface area contributed by atoms with Gasteiger partial charge in [0.15, 0.2) is 0 Å². The van der Waals surface area contributed by atoms with Crippen LogP contribution in [0.4, 0.5) is 5.69 Å². The van der Waals surface area contributed by atoms with Gasteiger partial charge in [0.25, 0.3) is 0 Å². The second kappa shape index (κ2) is 4.42. The van der Waals surface area contributed by atoms with E-state index in [2.05, 4.69) is 27.3 Å². The van der Waals surface area contributed by atoms with E-state index in [1.165, 1.54) is 37.9 Å². The van der Waals surface area contributed by atoms with E-state index in [-0.39, 0.29) is 0 Å². The summed E-state index contributed by atoms with van der Waals surface area (Å²) in [5.41, 5.74) is 1.33. The van der Waals surface area contributed by atoms with Gasteiger partial charge in [-0.25, -0.2) is 0 Å². The molecule has 0 bridgehead atoms. The summed E-state index contributed by atoms with van der Waals surface area (Å²) in [5, 5.41) is 3.64. The predicted molar refractivity (Wildman–Crippen MR) is 65.6 cm³/mol. The van der Waals surface area contributed by atoms with Gasteiger partial charge in [-0.05, 0) is 37.8 Å². The number of aromatic nitrogens is 1. The average molecular weight is 217 g/mol. The van der Waals surface area contributed by atoms with Crippen LogP contribution in [0.2, 0.25) is 0 Å². The zero-order valence-electron chi connectivity index (χ0n) is 9.60. The monoisotopic (exact) mass is 217 g/mol. The number of hydrogen-bond donors (Lipinski definition) is 1. The summed E-state index contributed by atoms with van der Waals surface area (Å²) < 4.78 is 0. The standard InChI is InChI=1S/C13H19N3/c1-2-13(10-15-11-3-4-11)16(9-1)12-5-7-14-8-6-12/h5-8,11,13,15H,1-4,9-10H2. The van der Waals surface area contributed by atoms with Crippen LogP contribution in [0, 0.1) is 0 Å². The zero-order valence-corrected chi connectivity index (χ0v) is 9.60. The van der Waals surface area contributed by atoms with Crippen molar-refractivity contribution in [1.29, 1.82) is 0 Å². The van der Waals surface area contributed by atoms with Crippen molar-refractivity contribution >= 4 is 5.69 Å². The summed E-state index contributed by atoms with van der Waals surface area (Å²) in [4.78, 5) is 6.61. The van der Waals surface area contributed by atoms with E-state index in [0.29, 0.717) is 6.04 Å². The van der Waals surface area contributed by atoms with Gasteiger partial charge in [0.05, 0.1) is 0 Å². The molecule has 1 aliphatic carbocycles. The van der Waals surface area contributed by atoms with E-state index in [9.17, 15) is 0 Å². The fraction of sp³-hybridized carbons (Fsp3) is 0.615. The first-order chi connectivity index (χ1) is 7.93. The van der Waals surface area contributed by atoms with E-state index in [1.807, 2.05) is 12.4 Å². The Morgan fingerprint density at radius 2 is 2.06 bits per heavy atom. The molecule has 1 atom stereocenters. The predicted octanol–water partition coefficient (Wildman–Crippen LogP) is 1.80. The highest BCUT2D eigenvalue weighted by atomic mass is 15.2. The summed E-state index contributed by atoms with van der Waals surface area (Å²) in [6.07, 6.45) is 9.17. The average Bonchev–Trinajstić information content (AvgIpc) is 3.05. The maximum atomic E-state index is 4.08. The van der Waals surface area contributed by atoms with Crippen molar-refractivity contribution in [3.8, 4) is 0 Å². The van der Waals surface area contributed by atoms with E-state index in [4.69, 9.17) is 0 Å². The molecule has 2 fully saturated rings. The molecule has 0 spiro atoms. The largest absolute Gasteiger partial charge is 0.367 e. The molecule has 2 heterocycles. The van der Waals surface area contributed by atoms with Crippen LogP contribution in [-0.2, 0) is 0 Å². The SMILES string of the molecule is c1cc(N2CCCC2CNC2CC2)ccn1. The Morgan fingerprint density at radius 1 is 1.25 bits per heavy atom. The maximum absolute atomic E-state index is 4.08. The molecule has 1 saturated carbocycles. The van der Waals surface area contributed by atoms with Crippen LogP contribution in [0.15, 0.2) is 24.5 Å². The molecule has 1 saturated heterocycles. The number of nitrogens with one attached hydrogen (secondary N) is 1. The van der Waals surface area contributed by atoms with Gasteiger partial charge in [-0.15, -0.1) is 0 Å². The van der Waals surface area contributed by atoms with Gasteiger partial charge in [0.2, 0.25) is 0 Å². The maximum Gasteiger partial charge on any atom is 0.0415 e. The number of pyridine rings is 1. The molecule has 0 aromatic carbocycles. The molecule has 2 aliphatic rings. The first kappa shape index (κ1) is 10.1. The smallest absolute Gasteiger partial charge is 0.0415 e. The van der Waals surface area contributed by atoms with Crippen LogP contribution in [0.5, 0.6) is 0 Å². The van der Waals surface area contributed by atoms with E-state index < -0.39 is 0 Å². The normalized spacial score (nSPS) is 25.0. The lowest BCUT2D eigenvalue weighted by Gasteiger charge is -2.27. The minimum Gasteiger partial charge on any atom is -0.367 e. The summed E-state index contributed by atoms with van der Waals surface area (Å²) in [6, 6.07) is 5.74. The minimum absolute atomic E-state index is 0.683. The van der Waals surface area contributed by atoms with Gasteiger partial charge < -0.3 is 10.2 Å². The lowest BCUT2D eigenvalue weighted by atomic mass is 10.2. The van der Waals surface area contributed by atoms with Crippen molar-refractivity contribution in [3.05, 3.63) is 24.5 Å². The van der Waals surface area contributed by atoms with Gasteiger partial charge >= 0.3 is 0 Å². The third-order valence-electron chi connectivity index (χ3n) is 3.59. The topological polar surface area (TPSA) is 28.2 Å². The fourth-order valence-electron chi connectivity index (χ4n) is 2.51. The summed E-state index contributed by atoms with van der Waals surface area (Å²) >= 11 is 0. The lowest BCUT2D eigenvalue weighted by molar-refractivity contribution is 0.571. The van der Waals surface area contributed by atoms with Crippen LogP contribution in [0.1, 0.15) is 25.7 Å². The van der Waals surface area contributed by atoms with Crippen LogP contribution in [0.3, 0.4) is 0 Å². The molecule has 1 aromatic rings. The number of anilines is 1. The first-order valence-electron chi connectivity index (χ1n) is 6.33. The Bertz CT molecular complexity index is 334. The van der Waals surface area contributed by atoms with Crippen molar-refractivity contribution in [2.24, 2.45) is 0 Å². The van der Waals surface area contributed by atoms with Crippen LogP contribution < -0.4 is 10.2 Å². The molecule has 86 valence electrons. The van der Waals surface area contributed by atoms with E-state index in [0.717, 1.165) is 12.6 Å². The number of hydrogen-bond acceptors (Lipinski definition) is 3. The van der Waals surface area contributed by atoms with Crippen molar-refractivity contribution < 1.29 is 0 Å². The molecule has 3 rings (SSSR count). The summed E-state index contributed by atoms with van der Waals surface area (Å²) in [5.74, 6) is 0. The molecule has 1 unspecified atom stereocenters. The van der Waals surface area contributed by atoms with Gasteiger partial charge in [-0.1, -0.05) is 0 Å². The molecule has 1 aromatic heterocycles. The van der Waals surface area contributed by atoms with Gasteiger partial charge in [-0.2, -0.15) is 0 Å². The molecule has 1 N–H and O–H groups in total. The zero-order chi connectivity index (χ0) is 10.8. The molecule has 1 aliphatic heterocycles. The second-order valence-corrected chi connectivity index (χ2v) is 4.88. The Morgan fingerprint density at radius 3 is 2.81 bits per heavy atom. The fourth-order valence-corrected chi connectivity index (χ4v) is 2.51. The summed E-state index contributed by atoms with van der Waals surface area (Å²) in [7, 11) is 0. The lowest BCUT2D eigenvalue weighted by Crippen LogP contribution is -2.38. The van der Waals surface area contributed by atoms with E-state index in [1.54, 1.807) is 0 Å². The quantitative estimate of drug-likeness (QED) is 0.833. The molecule has 3 heteroatoms. The highest BCUT2D eigenvalue weighted by Crippen LogP contribution is 2.25. The van der Waals surface area contributed by atoms with Gasteiger partial charge in [0, 0.05) is 43.3 Å². The second-order valence-electron chi connectivity index (χ2n) is 4.88. The molecule has 0 amide bonds. The third kappa shape index (κ3) is 2.19. The van der Waals surface area contributed by atoms with Gasteiger partial charge in [0.1, 0.15) is 0 Å². The molecule has 3 nitrogen and oxygen atoms in total. The Balaban J connectivity index is 1.63. The van der Waals surface area contributed by atoms with Crippen LogP contribution >= 0.6 is 0 Å². The van der Waals surface area contributed by atoms with Crippen LogP contribution in [-0.4, -0.2) is 30.2 Å². The molecule has 0 radical (unpaired) electrons. The van der Waals surface area contributed by atoms with E-state index >= 15 is 0 Å². The Hall–Kier alpha value is -1.09. The third-order valence-corrected chi connectivity index (χ3v) is 3.59. The van der Waals surface area contributed by atoms with Crippen LogP contribution in [0.25, 0.3) is 0 Å².